The van der Waals surface area contributed by atoms with E-state index >= 15 is 0 Å². The van der Waals surface area contributed by atoms with Gasteiger partial charge in [-0.1, -0.05) is 0 Å². The maximum Gasteiger partial charge on any atom is 0.323 e. The van der Waals surface area contributed by atoms with Crippen molar-refractivity contribution in [2.24, 2.45) is 5.92 Å². The lowest BCUT2D eigenvalue weighted by Gasteiger charge is -2.45. The molecule has 2 atom stereocenters. The van der Waals surface area contributed by atoms with E-state index in [1.165, 1.54) is 19.4 Å². The number of hydrogen-bond donors (Lipinski definition) is 1. The Balaban J connectivity index is 1.75. The standard InChI is InChI=1S/C14H24N6O/c1-3-21-14-17-12(15)16-13(18-14)20-8-6-11-10(9-20)5-4-7-19(11)2/h10-11H,3-9H2,1-2H3,(H2,15,16,17,18). The van der Waals surface area contributed by atoms with Gasteiger partial charge in [0.2, 0.25) is 11.9 Å². The van der Waals surface area contributed by atoms with E-state index in [-0.39, 0.29) is 5.95 Å². The van der Waals surface area contributed by atoms with Gasteiger partial charge in [0.05, 0.1) is 6.61 Å². The van der Waals surface area contributed by atoms with Gasteiger partial charge in [0.15, 0.2) is 0 Å². The summed E-state index contributed by atoms with van der Waals surface area (Å²) in [7, 11) is 2.24. The number of likely N-dealkylation sites (tertiary alicyclic amines) is 1. The third kappa shape index (κ3) is 3.02. The number of nitrogen functional groups attached to an aromatic ring is 1. The van der Waals surface area contributed by atoms with Crippen molar-refractivity contribution in [1.82, 2.24) is 19.9 Å². The quantitative estimate of drug-likeness (QED) is 0.881. The highest BCUT2D eigenvalue weighted by molar-refractivity contribution is 5.37. The molecule has 3 heterocycles. The van der Waals surface area contributed by atoms with Gasteiger partial charge < -0.3 is 20.3 Å². The van der Waals surface area contributed by atoms with Gasteiger partial charge in [-0.2, -0.15) is 15.0 Å². The number of aromatic nitrogens is 3. The third-order valence-electron chi connectivity index (χ3n) is 4.52. The lowest BCUT2D eigenvalue weighted by molar-refractivity contribution is 0.102. The Bertz CT molecular complexity index is 496. The first-order valence-corrected chi connectivity index (χ1v) is 7.77. The average Bonchev–Trinajstić information content (AvgIpc) is 2.47. The van der Waals surface area contributed by atoms with Crippen molar-refractivity contribution in [3.8, 4) is 6.01 Å². The lowest BCUT2D eigenvalue weighted by atomic mass is 9.84. The first kappa shape index (κ1) is 14.3. The van der Waals surface area contributed by atoms with Crippen LogP contribution in [0.15, 0.2) is 0 Å². The fourth-order valence-electron chi connectivity index (χ4n) is 3.53. The molecule has 1 aromatic heterocycles. The predicted octanol–water partition coefficient (Wildman–Crippen LogP) is 0.773. The second-order valence-electron chi connectivity index (χ2n) is 5.89. The highest BCUT2D eigenvalue weighted by Gasteiger charge is 2.35. The topological polar surface area (TPSA) is 80.4 Å². The van der Waals surface area contributed by atoms with Crippen LogP contribution in [0.4, 0.5) is 11.9 Å². The zero-order chi connectivity index (χ0) is 14.8. The molecule has 2 aliphatic rings. The molecule has 2 unspecified atom stereocenters. The maximum absolute atomic E-state index is 5.77. The van der Waals surface area contributed by atoms with Crippen molar-refractivity contribution < 1.29 is 4.74 Å². The molecule has 0 amide bonds. The van der Waals surface area contributed by atoms with Gasteiger partial charge in [-0.15, -0.1) is 0 Å². The number of fused-ring (bicyclic) bond motifs is 1. The van der Waals surface area contributed by atoms with E-state index in [0.717, 1.165) is 19.5 Å². The summed E-state index contributed by atoms with van der Waals surface area (Å²) >= 11 is 0. The van der Waals surface area contributed by atoms with Crippen LogP contribution in [-0.2, 0) is 0 Å². The van der Waals surface area contributed by atoms with Crippen LogP contribution in [0.25, 0.3) is 0 Å². The summed E-state index contributed by atoms with van der Waals surface area (Å²) in [5.41, 5.74) is 5.77. The molecule has 21 heavy (non-hydrogen) atoms. The highest BCUT2D eigenvalue weighted by atomic mass is 16.5. The first-order valence-electron chi connectivity index (χ1n) is 7.77. The minimum Gasteiger partial charge on any atom is -0.464 e. The summed E-state index contributed by atoms with van der Waals surface area (Å²) in [6, 6.07) is 1.02. The molecule has 0 saturated carbocycles. The third-order valence-corrected chi connectivity index (χ3v) is 4.52. The van der Waals surface area contributed by atoms with Crippen molar-refractivity contribution >= 4 is 11.9 Å². The number of hydrogen-bond acceptors (Lipinski definition) is 7. The van der Waals surface area contributed by atoms with Crippen molar-refractivity contribution in [2.75, 3.05) is 43.9 Å². The van der Waals surface area contributed by atoms with E-state index in [9.17, 15) is 0 Å². The Morgan fingerprint density at radius 2 is 2.10 bits per heavy atom. The number of ether oxygens (including phenoxy) is 1. The van der Waals surface area contributed by atoms with Crippen LogP contribution in [0, 0.1) is 5.92 Å². The van der Waals surface area contributed by atoms with E-state index < -0.39 is 0 Å². The average molecular weight is 292 g/mol. The summed E-state index contributed by atoms with van der Waals surface area (Å²) in [5, 5.41) is 0. The molecular weight excluding hydrogens is 268 g/mol. The van der Waals surface area contributed by atoms with Crippen LogP contribution in [0.2, 0.25) is 0 Å². The molecule has 2 aliphatic heterocycles. The number of piperidine rings is 2. The number of nitrogens with two attached hydrogens (primary N) is 1. The van der Waals surface area contributed by atoms with Crippen LogP contribution in [0.1, 0.15) is 26.2 Å². The molecule has 0 aliphatic carbocycles. The largest absolute Gasteiger partial charge is 0.464 e. The van der Waals surface area contributed by atoms with Gasteiger partial charge in [-0.3, -0.25) is 0 Å². The van der Waals surface area contributed by atoms with Crippen LogP contribution in [0.3, 0.4) is 0 Å². The number of nitrogens with zero attached hydrogens (tertiary/aromatic N) is 5. The fourth-order valence-corrected chi connectivity index (χ4v) is 3.53. The molecule has 0 radical (unpaired) electrons. The van der Waals surface area contributed by atoms with E-state index in [1.807, 2.05) is 6.92 Å². The Morgan fingerprint density at radius 3 is 2.90 bits per heavy atom. The molecule has 0 aromatic carbocycles. The Morgan fingerprint density at radius 1 is 1.24 bits per heavy atom. The zero-order valence-electron chi connectivity index (χ0n) is 12.8. The molecule has 0 bridgehead atoms. The van der Waals surface area contributed by atoms with Gasteiger partial charge in [0.1, 0.15) is 0 Å². The van der Waals surface area contributed by atoms with E-state index in [2.05, 4.69) is 31.8 Å². The molecule has 1 aromatic rings. The molecule has 2 N–H and O–H groups in total. The maximum atomic E-state index is 5.77. The SMILES string of the molecule is CCOc1nc(N)nc(N2CCC3C(CCCN3C)C2)n1. The van der Waals surface area contributed by atoms with Crippen molar-refractivity contribution in [1.29, 1.82) is 0 Å². The van der Waals surface area contributed by atoms with E-state index in [4.69, 9.17) is 10.5 Å². The van der Waals surface area contributed by atoms with Gasteiger partial charge in [0, 0.05) is 19.1 Å². The van der Waals surface area contributed by atoms with Gasteiger partial charge >= 0.3 is 6.01 Å². The zero-order valence-corrected chi connectivity index (χ0v) is 12.8. The van der Waals surface area contributed by atoms with E-state index in [0.29, 0.717) is 30.5 Å². The summed E-state index contributed by atoms with van der Waals surface area (Å²) < 4.78 is 5.36. The van der Waals surface area contributed by atoms with Crippen LogP contribution in [-0.4, -0.2) is 59.2 Å². The molecule has 116 valence electrons. The van der Waals surface area contributed by atoms with Crippen molar-refractivity contribution in [3.63, 3.8) is 0 Å². The van der Waals surface area contributed by atoms with E-state index in [1.54, 1.807) is 0 Å². The van der Waals surface area contributed by atoms with Gasteiger partial charge in [-0.05, 0) is 45.7 Å². The molecular formula is C14H24N6O. The Labute approximate surface area is 125 Å². The van der Waals surface area contributed by atoms with Crippen LogP contribution >= 0.6 is 0 Å². The Kier molecular flexibility index (Phi) is 4.10. The molecule has 7 heteroatoms. The second kappa shape index (κ2) is 6.01. The smallest absolute Gasteiger partial charge is 0.323 e. The lowest BCUT2D eigenvalue weighted by Crippen LogP contribution is -2.53. The highest BCUT2D eigenvalue weighted by Crippen LogP contribution is 2.31. The molecule has 7 nitrogen and oxygen atoms in total. The molecule has 3 rings (SSSR count). The predicted molar refractivity (Wildman–Crippen MR) is 81.4 cm³/mol. The number of anilines is 2. The normalized spacial score (nSPS) is 26.5. The summed E-state index contributed by atoms with van der Waals surface area (Å²) in [6.45, 7) is 5.60. The number of rotatable bonds is 3. The molecule has 0 spiro atoms. The molecule has 2 fully saturated rings. The monoisotopic (exact) mass is 292 g/mol. The van der Waals surface area contributed by atoms with Crippen LogP contribution in [0.5, 0.6) is 6.01 Å². The molecule has 2 saturated heterocycles. The van der Waals surface area contributed by atoms with Gasteiger partial charge in [-0.25, -0.2) is 0 Å². The fraction of sp³-hybridized carbons (Fsp3) is 0.786. The van der Waals surface area contributed by atoms with Crippen LogP contribution < -0.4 is 15.4 Å². The minimum atomic E-state index is 0.228. The Hall–Kier alpha value is -1.63. The minimum absolute atomic E-state index is 0.228. The van der Waals surface area contributed by atoms with Crippen molar-refractivity contribution in [2.45, 2.75) is 32.2 Å². The summed E-state index contributed by atoms with van der Waals surface area (Å²) in [6.07, 6.45) is 3.70. The first-order chi connectivity index (χ1) is 10.2. The summed E-state index contributed by atoms with van der Waals surface area (Å²) in [4.78, 5) is 17.4. The van der Waals surface area contributed by atoms with Crippen molar-refractivity contribution in [3.05, 3.63) is 0 Å². The summed E-state index contributed by atoms with van der Waals surface area (Å²) in [5.74, 6) is 1.56. The van der Waals surface area contributed by atoms with Gasteiger partial charge in [0.25, 0.3) is 0 Å². The second-order valence-corrected chi connectivity index (χ2v) is 5.89.